The molecule has 0 aliphatic rings. The number of benzene rings is 1. The summed E-state index contributed by atoms with van der Waals surface area (Å²) in [7, 11) is 0. The van der Waals surface area contributed by atoms with Crippen LogP contribution in [0, 0.1) is 0 Å². The Morgan fingerprint density at radius 2 is 1.67 bits per heavy atom. The average molecular weight is 293 g/mol. The van der Waals surface area contributed by atoms with Gasteiger partial charge in [0.15, 0.2) is 0 Å². The van der Waals surface area contributed by atoms with Gasteiger partial charge in [0, 0.05) is 5.54 Å². The average Bonchev–Trinajstić information content (AvgIpc) is 2.27. The van der Waals surface area contributed by atoms with E-state index < -0.39 is 12.0 Å². The fourth-order valence-electron chi connectivity index (χ4n) is 2.01. The third-order valence-electron chi connectivity index (χ3n) is 2.69. The first-order valence-corrected chi connectivity index (χ1v) is 7.25. The number of hydrogen-bond donors (Lipinski definition) is 2. The quantitative estimate of drug-likeness (QED) is 0.875. The van der Waals surface area contributed by atoms with E-state index in [0.717, 1.165) is 11.3 Å². The summed E-state index contributed by atoms with van der Waals surface area (Å²) in [5, 5.41) is 12.4. The van der Waals surface area contributed by atoms with E-state index in [2.05, 4.69) is 5.32 Å². The molecule has 0 radical (unpaired) electrons. The Morgan fingerprint density at radius 1 is 1.14 bits per heavy atom. The van der Waals surface area contributed by atoms with Crippen molar-refractivity contribution in [2.45, 2.75) is 65.1 Å². The predicted octanol–water partition coefficient (Wildman–Crippen LogP) is 3.25. The molecule has 0 saturated heterocycles. The van der Waals surface area contributed by atoms with Crippen LogP contribution in [0.15, 0.2) is 24.3 Å². The molecule has 0 spiro atoms. The summed E-state index contributed by atoms with van der Waals surface area (Å²) in [6, 6.07) is 7.01. The third-order valence-corrected chi connectivity index (χ3v) is 2.69. The van der Waals surface area contributed by atoms with Crippen LogP contribution in [0.5, 0.6) is 5.75 Å². The summed E-state index contributed by atoms with van der Waals surface area (Å²) in [5.74, 6) is -0.0400. The molecule has 2 N–H and O–H groups in total. The van der Waals surface area contributed by atoms with Gasteiger partial charge in [0.2, 0.25) is 0 Å². The highest BCUT2D eigenvalue weighted by Crippen LogP contribution is 2.19. The van der Waals surface area contributed by atoms with Gasteiger partial charge in [0.1, 0.15) is 17.4 Å². The Morgan fingerprint density at radius 3 is 2.05 bits per heavy atom. The first kappa shape index (κ1) is 17.5. The Kier molecular flexibility index (Phi) is 5.40. The summed E-state index contributed by atoms with van der Waals surface area (Å²) < 4.78 is 5.76. The summed E-state index contributed by atoms with van der Waals surface area (Å²) in [5.41, 5.74) is 0.498. The second kappa shape index (κ2) is 6.48. The van der Waals surface area contributed by atoms with Gasteiger partial charge >= 0.3 is 5.97 Å². The predicted molar refractivity (Wildman–Crippen MR) is 84.8 cm³/mol. The van der Waals surface area contributed by atoms with E-state index in [1.807, 2.05) is 65.8 Å². The van der Waals surface area contributed by atoms with Crippen molar-refractivity contribution in [1.82, 2.24) is 5.32 Å². The fourth-order valence-corrected chi connectivity index (χ4v) is 2.01. The molecule has 0 fully saturated rings. The van der Waals surface area contributed by atoms with Gasteiger partial charge in [0.25, 0.3) is 0 Å². The van der Waals surface area contributed by atoms with Crippen molar-refractivity contribution in [3.63, 3.8) is 0 Å². The minimum Gasteiger partial charge on any atom is -0.488 e. The van der Waals surface area contributed by atoms with Crippen molar-refractivity contribution < 1.29 is 14.6 Å². The molecular weight excluding hydrogens is 266 g/mol. The largest absolute Gasteiger partial charge is 0.488 e. The van der Waals surface area contributed by atoms with Gasteiger partial charge in [-0.3, -0.25) is 10.1 Å². The zero-order valence-electron chi connectivity index (χ0n) is 13.9. The van der Waals surface area contributed by atoms with Crippen LogP contribution in [0.3, 0.4) is 0 Å². The Hall–Kier alpha value is -1.55. The van der Waals surface area contributed by atoms with Crippen molar-refractivity contribution in [2.75, 3.05) is 0 Å². The van der Waals surface area contributed by atoms with Gasteiger partial charge in [-0.1, -0.05) is 12.1 Å². The molecule has 1 aromatic carbocycles. The molecule has 1 aromatic rings. The van der Waals surface area contributed by atoms with Crippen LogP contribution >= 0.6 is 0 Å². The van der Waals surface area contributed by atoms with Crippen LogP contribution in [0.25, 0.3) is 0 Å². The molecule has 0 aliphatic carbocycles. The number of ether oxygens (including phenoxy) is 1. The number of carboxylic acids is 1. The van der Waals surface area contributed by atoms with Gasteiger partial charge in [-0.2, -0.15) is 0 Å². The smallest absolute Gasteiger partial charge is 0.321 e. The van der Waals surface area contributed by atoms with Crippen molar-refractivity contribution in [3.05, 3.63) is 29.8 Å². The number of hydrogen-bond acceptors (Lipinski definition) is 3. The lowest BCUT2D eigenvalue weighted by atomic mass is 10.0. The van der Waals surface area contributed by atoms with Crippen LogP contribution in [-0.2, 0) is 11.2 Å². The molecule has 4 nitrogen and oxygen atoms in total. The SMILES string of the molecule is CC(C)(C)NC(Cc1ccc(OC(C)(C)C)cc1)C(=O)O. The van der Waals surface area contributed by atoms with Crippen LogP contribution in [0.1, 0.15) is 47.1 Å². The number of carbonyl (C=O) groups is 1. The van der Waals surface area contributed by atoms with E-state index >= 15 is 0 Å². The zero-order chi connectivity index (χ0) is 16.3. The van der Waals surface area contributed by atoms with Crippen LogP contribution in [0.2, 0.25) is 0 Å². The molecule has 0 bridgehead atoms. The number of rotatable bonds is 5. The lowest BCUT2D eigenvalue weighted by Crippen LogP contribution is -2.48. The van der Waals surface area contributed by atoms with E-state index in [-0.39, 0.29) is 11.1 Å². The van der Waals surface area contributed by atoms with E-state index in [9.17, 15) is 9.90 Å². The van der Waals surface area contributed by atoms with Crippen molar-refractivity contribution in [1.29, 1.82) is 0 Å². The van der Waals surface area contributed by atoms with Gasteiger partial charge in [0.05, 0.1) is 0 Å². The standard InChI is InChI=1S/C17H27NO3/c1-16(2,3)18-14(15(19)20)11-12-7-9-13(10-8-12)21-17(4,5)6/h7-10,14,18H,11H2,1-6H3,(H,19,20). The monoisotopic (exact) mass is 293 g/mol. The molecule has 1 atom stereocenters. The first-order chi connectivity index (χ1) is 9.46. The topological polar surface area (TPSA) is 58.6 Å². The lowest BCUT2D eigenvalue weighted by molar-refractivity contribution is -0.140. The number of carboxylic acid groups (broad SMARTS) is 1. The fraction of sp³-hybridized carbons (Fsp3) is 0.588. The highest BCUT2D eigenvalue weighted by molar-refractivity contribution is 5.74. The third kappa shape index (κ3) is 7.14. The van der Waals surface area contributed by atoms with Gasteiger partial charge in [-0.25, -0.2) is 0 Å². The van der Waals surface area contributed by atoms with Gasteiger partial charge in [-0.05, 0) is 65.7 Å². The van der Waals surface area contributed by atoms with Crippen LogP contribution in [0.4, 0.5) is 0 Å². The molecule has 0 saturated carbocycles. The van der Waals surface area contributed by atoms with E-state index in [1.165, 1.54) is 0 Å². The number of nitrogens with one attached hydrogen (secondary N) is 1. The molecule has 1 unspecified atom stereocenters. The summed E-state index contributed by atoms with van der Waals surface area (Å²) in [6.07, 6.45) is 0.447. The minimum absolute atomic E-state index is 0.237. The highest BCUT2D eigenvalue weighted by Gasteiger charge is 2.23. The maximum absolute atomic E-state index is 11.3. The lowest BCUT2D eigenvalue weighted by Gasteiger charge is -2.26. The molecule has 0 aromatic heterocycles. The second-order valence-corrected chi connectivity index (χ2v) is 7.35. The van der Waals surface area contributed by atoms with E-state index in [4.69, 9.17) is 4.74 Å². The normalized spacial score (nSPS) is 13.8. The molecule has 0 heterocycles. The summed E-state index contributed by atoms with van der Waals surface area (Å²) in [6.45, 7) is 11.9. The molecule has 4 heteroatoms. The maximum Gasteiger partial charge on any atom is 0.321 e. The molecule has 1 rings (SSSR count). The molecule has 0 amide bonds. The van der Waals surface area contributed by atoms with Gasteiger partial charge in [-0.15, -0.1) is 0 Å². The second-order valence-electron chi connectivity index (χ2n) is 7.35. The highest BCUT2D eigenvalue weighted by atomic mass is 16.5. The van der Waals surface area contributed by atoms with E-state index in [1.54, 1.807) is 0 Å². The maximum atomic E-state index is 11.3. The van der Waals surface area contributed by atoms with Crippen molar-refractivity contribution in [3.8, 4) is 5.75 Å². The van der Waals surface area contributed by atoms with Crippen molar-refractivity contribution >= 4 is 5.97 Å². The summed E-state index contributed by atoms with van der Waals surface area (Å²) >= 11 is 0. The molecule has 21 heavy (non-hydrogen) atoms. The number of aliphatic carboxylic acids is 1. The molecule has 0 aliphatic heterocycles. The first-order valence-electron chi connectivity index (χ1n) is 7.25. The minimum atomic E-state index is -0.833. The van der Waals surface area contributed by atoms with Gasteiger partial charge < -0.3 is 9.84 Å². The van der Waals surface area contributed by atoms with Crippen molar-refractivity contribution in [2.24, 2.45) is 0 Å². The summed E-state index contributed by atoms with van der Waals surface area (Å²) in [4.78, 5) is 11.3. The Balaban J connectivity index is 2.75. The molecular formula is C17H27NO3. The zero-order valence-corrected chi connectivity index (χ0v) is 13.9. The Bertz CT molecular complexity index is 466. The van der Waals surface area contributed by atoms with Crippen LogP contribution < -0.4 is 10.1 Å². The molecule has 118 valence electrons. The Labute approximate surface area is 127 Å². The van der Waals surface area contributed by atoms with E-state index in [0.29, 0.717) is 6.42 Å². The van der Waals surface area contributed by atoms with Crippen LogP contribution in [-0.4, -0.2) is 28.3 Å².